The molecule has 0 aliphatic rings. The largest absolute Gasteiger partial charge is 1.00 e. The second-order valence-corrected chi connectivity index (χ2v) is 5.22. The van der Waals surface area contributed by atoms with Crippen LogP contribution in [0.4, 0.5) is 0 Å². The molecule has 0 bridgehead atoms. The summed E-state index contributed by atoms with van der Waals surface area (Å²) in [6, 6.07) is 17.3. The molecule has 0 atom stereocenters. The molecule has 0 amide bonds. The molecule has 2 rings (SSSR count). The molecule has 0 spiro atoms. The Bertz CT molecular complexity index is 548. The first kappa shape index (κ1) is 15.4. The summed E-state index contributed by atoms with van der Waals surface area (Å²) in [5.74, 6) is 0. The maximum Gasteiger partial charge on any atom is 1.00 e. The molecule has 1 N–H and O–H groups in total. The van der Waals surface area contributed by atoms with Gasteiger partial charge in [0.15, 0.2) is 0 Å². The van der Waals surface area contributed by atoms with Gasteiger partial charge in [0.05, 0.1) is 0 Å². The van der Waals surface area contributed by atoms with Crippen molar-refractivity contribution in [2.24, 2.45) is 0 Å². The van der Waals surface area contributed by atoms with Crippen molar-refractivity contribution in [1.82, 2.24) is 0 Å². The van der Waals surface area contributed by atoms with Crippen LogP contribution in [0, 0.1) is 0 Å². The van der Waals surface area contributed by atoms with Crippen LogP contribution < -0.4 is 29.6 Å². The van der Waals surface area contributed by atoms with Gasteiger partial charge in [0, 0.05) is 0 Å². The Labute approximate surface area is 130 Å². The Morgan fingerprint density at radius 2 is 1.17 bits per heavy atom. The van der Waals surface area contributed by atoms with Crippen LogP contribution in [0.5, 0.6) is 0 Å². The standard InChI is InChI=1S/C13H12O3S.Na.H/c14-17(15,16)13(11-7-3-1-4-8-11)12-9-5-2-6-10-12;;/h1-10,13H,(H,14,15,16);;/q;+1;-1. The van der Waals surface area contributed by atoms with Gasteiger partial charge < -0.3 is 1.43 Å². The van der Waals surface area contributed by atoms with E-state index in [1.165, 1.54) is 0 Å². The molecule has 2 aromatic carbocycles. The maximum absolute atomic E-state index is 11.5. The molecule has 0 saturated heterocycles. The minimum absolute atomic E-state index is 0. The van der Waals surface area contributed by atoms with Crippen molar-refractivity contribution in [2.45, 2.75) is 5.25 Å². The van der Waals surface area contributed by atoms with Gasteiger partial charge in [-0.05, 0) is 11.1 Å². The van der Waals surface area contributed by atoms with E-state index in [0.717, 1.165) is 0 Å². The van der Waals surface area contributed by atoms with Crippen LogP contribution >= 0.6 is 0 Å². The van der Waals surface area contributed by atoms with E-state index in [1.54, 1.807) is 60.7 Å². The van der Waals surface area contributed by atoms with Gasteiger partial charge in [0.25, 0.3) is 10.1 Å². The van der Waals surface area contributed by atoms with E-state index >= 15 is 0 Å². The molecule has 2 aromatic rings. The van der Waals surface area contributed by atoms with E-state index in [4.69, 9.17) is 0 Å². The summed E-state index contributed by atoms with van der Waals surface area (Å²) in [5.41, 5.74) is 1.11. The first-order valence-corrected chi connectivity index (χ1v) is 6.65. The molecule has 5 heteroatoms. The van der Waals surface area contributed by atoms with Crippen molar-refractivity contribution in [1.29, 1.82) is 0 Å². The Hall–Kier alpha value is -0.650. The molecule has 0 saturated carbocycles. The molecule has 0 heterocycles. The van der Waals surface area contributed by atoms with E-state index < -0.39 is 15.4 Å². The minimum atomic E-state index is -4.17. The third kappa shape index (κ3) is 3.67. The monoisotopic (exact) mass is 272 g/mol. The van der Waals surface area contributed by atoms with Crippen LogP contribution in [0.1, 0.15) is 17.8 Å². The van der Waals surface area contributed by atoms with Gasteiger partial charge in [-0.1, -0.05) is 60.7 Å². The first-order valence-electron chi connectivity index (χ1n) is 5.15. The summed E-state index contributed by atoms with van der Waals surface area (Å²) in [6.07, 6.45) is 0. The average molecular weight is 272 g/mol. The van der Waals surface area contributed by atoms with Crippen LogP contribution in [0.25, 0.3) is 0 Å². The van der Waals surface area contributed by atoms with Crippen LogP contribution in [-0.2, 0) is 10.1 Å². The van der Waals surface area contributed by atoms with E-state index in [-0.39, 0.29) is 31.0 Å². The molecule has 0 aliphatic heterocycles. The van der Waals surface area contributed by atoms with Gasteiger partial charge in [-0.3, -0.25) is 4.55 Å². The fraction of sp³-hybridized carbons (Fsp3) is 0.0769. The molecule has 90 valence electrons. The zero-order chi connectivity index (χ0) is 12.3. The van der Waals surface area contributed by atoms with Gasteiger partial charge in [0.2, 0.25) is 0 Å². The Kier molecular flexibility index (Phi) is 5.56. The van der Waals surface area contributed by atoms with Crippen LogP contribution in [0.15, 0.2) is 60.7 Å². The fourth-order valence-electron chi connectivity index (χ4n) is 1.79. The van der Waals surface area contributed by atoms with Gasteiger partial charge in [-0.2, -0.15) is 8.42 Å². The predicted octanol–water partition coefficient (Wildman–Crippen LogP) is -0.220. The maximum atomic E-state index is 11.5. The van der Waals surface area contributed by atoms with Crippen molar-refractivity contribution in [3.8, 4) is 0 Å². The molecular formula is C13H13NaO3S. The summed E-state index contributed by atoms with van der Waals surface area (Å²) in [7, 11) is -4.17. The third-order valence-electron chi connectivity index (χ3n) is 2.50. The Morgan fingerprint density at radius 3 is 1.44 bits per heavy atom. The number of hydrogen-bond donors (Lipinski definition) is 1. The first-order chi connectivity index (χ1) is 8.09. The summed E-state index contributed by atoms with van der Waals surface area (Å²) < 4.78 is 32.3. The summed E-state index contributed by atoms with van der Waals surface area (Å²) in [6.45, 7) is 0. The van der Waals surface area contributed by atoms with Crippen molar-refractivity contribution < 1.29 is 44.0 Å². The van der Waals surface area contributed by atoms with E-state index in [9.17, 15) is 13.0 Å². The second kappa shape index (κ2) is 6.50. The van der Waals surface area contributed by atoms with Gasteiger partial charge >= 0.3 is 29.6 Å². The summed E-state index contributed by atoms with van der Waals surface area (Å²) >= 11 is 0. The van der Waals surface area contributed by atoms with Crippen molar-refractivity contribution >= 4 is 10.1 Å². The molecular weight excluding hydrogens is 259 g/mol. The summed E-state index contributed by atoms with van der Waals surface area (Å²) in [4.78, 5) is 0. The zero-order valence-corrected chi connectivity index (χ0v) is 12.8. The van der Waals surface area contributed by atoms with Crippen LogP contribution in [0.2, 0.25) is 0 Å². The van der Waals surface area contributed by atoms with Crippen molar-refractivity contribution in [3.05, 3.63) is 71.8 Å². The zero-order valence-electron chi connectivity index (χ0n) is 11.0. The molecule has 0 fully saturated rings. The van der Waals surface area contributed by atoms with E-state index in [0.29, 0.717) is 11.1 Å². The molecule has 3 nitrogen and oxygen atoms in total. The molecule has 0 radical (unpaired) electrons. The molecule has 0 aliphatic carbocycles. The Balaban J connectivity index is 0.00000162. The average Bonchev–Trinajstić information content (AvgIpc) is 2.30. The number of hydrogen-bond acceptors (Lipinski definition) is 2. The van der Waals surface area contributed by atoms with Gasteiger partial charge in [-0.25, -0.2) is 0 Å². The summed E-state index contributed by atoms with van der Waals surface area (Å²) in [5, 5.41) is -1.02. The van der Waals surface area contributed by atoms with E-state index in [2.05, 4.69) is 0 Å². The SMILES string of the molecule is O=S(=O)(O)C(c1ccccc1)c1ccccc1.[H-].[Na+]. The minimum Gasteiger partial charge on any atom is -1.00 e. The molecule has 0 aromatic heterocycles. The third-order valence-corrected chi connectivity index (χ3v) is 3.64. The fourth-order valence-corrected chi connectivity index (χ4v) is 2.79. The van der Waals surface area contributed by atoms with Crippen LogP contribution in [0.3, 0.4) is 0 Å². The number of rotatable bonds is 3. The number of benzene rings is 2. The van der Waals surface area contributed by atoms with Gasteiger partial charge in [0.1, 0.15) is 5.25 Å². The normalized spacial score (nSPS) is 11.0. The van der Waals surface area contributed by atoms with Gasteiger partial charge in [-0.15, -0.1) is 0 Å². The Morgan fingerprint density at radius 1 is 0.833 bits per heavy atom. The van der Waals surface area contributed by atoms with Crippen LogP contribution in [-0.4, -0.2) is 13.0 Å². The quantitative estimate of drug-likeness (QED) is 0.621. The molecule has 0 unspecified atom stereocenters. The molecule has 18 heavy (non-hydrogen) atoms. The van der Waals surface area contributed by atoms with Crippen molar-refractivity contribution in [3.63, 3.8) is 0 Å². The van der Waals surface area contributed by atoms with Crippen molar-refractivity contribution in [2.75, 3.05) is 0 Å². The second-order valence-electron chi connectivity index (χ2n) is 3.72. The smallest absolute Gasteiger partial charge is 1.00 e. The van der Waals surface area contributed by atoms with E-state index in [1.807, 2.05) is 0 Å². The topological polar surface area (TPSA) is 54.4 Å². The predicted molar refractivity (Wildman–Crippen MR) is 67.4 cm³/mol.